The van der Waals surface area contributed by atoms with Crippen molar-refractivity contribution in [1.29, 1.82) is 0 Å². The van der Waals surface area contributed by atoms with Crippen LogP contribution in [0.2, 0.25) is 0 Å². The second-order valence-electron chi connectivity index (χ2n) is 8.64. The number of hydrogen-bond donors (Lipinski definition) is 2. The molecule has 1 fully saturated rings. The lowest BCUT2D eigenvalue weighted by Crippen LogP contribution is -2.53. The highest BCUT2D eigenvalue weighted by atomic mass is 16.7. The highest BCUT2D eigenvalue weighted by Gasteiger charge is 2.34. The van der Waals surface area contributed by atoms with Gasteiger partial charge in [-0.05, 0) is 46.6 Å². The minimum Gasteiger partial charge on any atom is -0.444 e. The maximum atomic E-state index is 12.6. The number of likely N-dealkylation sites (tertiary alicyclic amines) is 1. The number of rotatable bonds is 4. The monoisotopic (exact) mass is 369 g/mol. The molecule has 0 aliphatic carbocycles. The summed E-state index contributed by atoms with van der Waals surface area (Å²) < 4.78 is 5.46. The Morgan fingerprint density at radius 3 is 2.27 bits per heavy atom. The molecule has 1 unspecified atom stereocenters. The van der Waals surface area contributed by atoms with E-state index in [0.29, 0.717) is 18.7 Å². The fraction of sp³-hybridized carbons (Fsp3) is 0.789. The minimum atomic E-state index is -0.598. The van der Waals surface area contributed by atoms with E-state index in [4.69, 9.17) is 9.57 Å². The Morgan fingerprint density at radius 2 is 1.73 bits per heavy atom. The molecule has 0 saturated carbocycles. The van der Waals surface area contributed by atoms with Gasteiger partial charge in [-0.15, -0.1) is 0 Å². The second-order valence-corrected chi connectivity index (χ2v) is 8.64. The lowest BCUT2D eigenvalue weighted by atomic mass is 9.94. The van der Waals surface area contributed by atoms with Crippen LogP contribution in [-0.4, -0.2) is 35.1 Å². The van der Waals surface area contributed by atoms with Crippen LogP contribution in [0.15, 0.2) is 11.8 Å². The zero-order valence-electron chi connectivity index (χ0n) is 17.3. The molecule has 7 nitrogen and oxygen atoms in total. The first-order valence-corrected chi connectivity index (χ1v) is 9.34. The van der Waals surface area contributed by atoms with E-state index in [0.717, 1.165) is 19.3 Å². The molecule has 1 aliphatic heterocycles. The Hall–Kier alpha value is -1.76. The molecule has 1 aliphatic rings. The fourth-order valence-corrected chi connectivity index (χ4v) is 2.78. The number of hydrazine groups is 1. The van der Waals surface area contributed by atoms with E-state index >= 15 is 0 Å². The topological polar surface area (TPSA) is 79.9 Å². The van der Waals surface area contributed by atoms with Crippen LogP contribution >= 0.6 is 0 Å². The van der Waals surface area contributed by atoms with E-state index in [9.17, 15) is 9.59 Å². The quantitative estimate of drug-likeness (QED) is 0.584. The highest BCUT2D eigenvalue weighted by molar-refractivity contribution is 5.85. The average molecular weight is 370 g/mol. The van der Waals surface area contributed by atoms with Crippen molar-refractivity contribution in [2.75, 3.05) is 6.54 Å². The fourth-order valence-electron chi connectivity index (χ4n) is 2.78. The molecule has 1 saturated heterocycles. The summed E-state index contributed by atoms with van der Waals surface area (Å²) in [6, 6.07) is -0.577. The first-order valence-electron chi connectivity index (χ1n) is 9.34. The molecule has 1 heterocycles. The third-order valence-electron chi connectivity index (χ3n) is 4.02. The lowest BCUT2D eigenvalue weighted by molar-refractivity contribution is -0.131. The summed E-state index contributed by atoms with van der Waals surface area (Å²) in [6.45, 7) is 13.9. The summed E-state index contributed by atoms with van der Waals surface area (Å²) >= 11 is 0. The molecule has 0 aromatic rings. The van der Waals surface area contributed by atoms with Gasteiger partial charge in [0.1, 0.15) is 17.4 Å². The molecule has 0 aromatic carbocycles. The van der Waals surface area contributed by atoms with Gasteiger partial charge >= 0.3 is 6.09 Å². The normalized spacial score (nSPS) is 19.6. The van der Waals surface area contributed by atoms with Crippen molar-refractivity contribution in [3.63, 3.8) is 0 Å². The van der Waals surface area contributed by atoms with Gasteiger partial charge in [0.2, 0.25) is 0 Å². The molecule has 0 aromatic heterocycles. The zero-order chi connectivity index (χ0) is 20.0. The van der Waals surface area contributed by atoms with Crippen molar-refractivity contribution in [3.05, 3.63) is 11.8 Å². The SMILES string of the molecule is C/C=C(\ONNC(=O)C1CCCCCN1C(=O)OC(C)(C)C)C(C)(C)C. The van der Waals surface area contributed by atoms with Crippen molar-refractivity contribution >= 4 is 12.0 Å². The van der Waals surface area contributed by atoms with Crippen LogP contribution < -0.4 is 11.0 Å². The van der Waals surface area contributed by atoms with Crippen LogP contribution in [0.25, 0.3) is 0 Å². The molecule has 2 amide bonds. The predicted molar refractivity (Wildman–Crippen MR) is 101 cm³/mol. The smallest absolute Gasteiger partial charge is 0.410 e. The minimum absolute atomic E-state index is 0.183. The maximum Gasteiger partial charge on any atom is 0.410 e. The Labute approximate surface area is 157 Å². The average Bonchev–Trinajstić information content (AvgIpc) is 2.74. The largest absolute Gasteiger partial charge is 0.444 e. The van der Waals surface area contributed by atoms with Crippen LogP contribution in [0.3, 0.4) is 0 Å². The Kier molecular flexibility index (Phi) is 7.93. The number of nitrogens with zero attached hydrogens (tertiary/aromatic N) is 1. The zero-order valence-corrected chi connectivity index (χ0v) is 17.3. The first-order chi connectivity index (χ1) is 12.0. The van der Waals surface area contributed by atoms with Gasteiger partial charge in [0, 0.05) is 12.0 Å². The van der Waals surface area contributed by atoms with E-state index in [-0.39, 0.29) is 11.3 Å². The molecule has 0 spiro atoms. The number of amides is 2. The van der Waals surface area contributed by atoms with Gasteiger partial charge in [-0.1, -0.05) is 39.2 Å². The second kappa shape index (κ2) is 9.26. The summed E-state index contributed by atoms with van der Waals surface area (Å²) in [6.07, 6.45) is 4.73. The van der Waals surface area contributed by atoms with Crippen LogP contribution in [0.4, 0.5) is 4.79 Å². The molecule has 2 N–H and O–H groups in total. The van der Waals surface area contributed by atoms with Crippen molar-refractivity contribution in [1.82, 2.24) is 15.9 Å². The summed E-state index contributed by atoms with van der Waals surface area (Å²) in [5.41, 5.74) is 4.30. The lowest BCUT2D eigenvalue weighted by Gasteiger charge is -2.31. The highest BCUT2D eigenvalue weighted by Crippen LogP contribution is 2.25. The number of carbonyl (C=O) groups is 2. The molecular formula is C19H35N3O4. The van der Waals surface area contributed by atoms with Gasteiger partial charge in [-0.25, -0.2) is 4.79 Å². The summed E-state index contributed by atoms with van der Waals surface area (Å²) in [5, 5.41) is 0. The summed E-state index contributed by atoms with van der Waals surface area (Å²) in [4.78, 5) is 32.1. The van der Waals surface area contributed by atoms with E-state index in [1.165, 1.54) is 4.90 Å². The molecule has 1 atom stereocenters. The van der Waals surface area contributed by atoms with E-state index in [1.807, 2.05) is 54.5 Å². The van der Waals surface area contributed by atoms with Crippen LogP contribution in [0.1, 0.15) is 74.1 Å². The molecule has 26 heavy (non-hydrogen) atoms. The van der Waals surface area contributed by atoms with Crippen LogP contribution in [0.5, 0.6) is 0 Å². The number of nitrogens with one attached hydrogen (secondary N) is 2. The van der Waals surface area contributed by atoms with E-state index in [1.54, 1.807) is 0 Å². The van der Waals surface area contributed by atoms with Crippen molar-refractivity contribution in [2.24, 2.45) is 5.41 Å². The number of allylic oxidation sites excluding steroid dienone is 2. The van der Waals surface area contributed by atoms with Gasteiger partial charge in [0.25, 0.3) is 5.91 Å². The molecule has 150 valence electrons. The summed E-state index contributed by atoms with van der Waals surface area (Å²) in [7, 11) is 0. The van der Waals surface area contributed by atoms with Gasteiger partial charge < -0.3 is 9.57 Å². The standard InChI is InChI=1S/C19H35N3O4/c1-8-15(18(2,3)4)26-21-20-16(23)14-12-10-9-11-13-22(14)17(24)25-19(5,6)7/h8,14,21H,9-13H2,1-7H3,(H,20,23)/b15-8-. The maximum absolute atomic E-state index is 12.6. The Bertz CT molecular complexity index is 518. The third-order valence-corrected chi connectivity index (χ3v) is 4.02. The molecule has 0 bridgehead atoms. The number of carbonyl (C=O) groups excluding carboxylic acids is 2. The third kappa shape index (κ3) is 7.23. The van der Waals surface area contributed by atoms with Crippen LogP contribution in [0, 0.1) is 5.41 Å². The van der Waals surface area contributed by atoms with Crippen molar-refractivity contribution in [3.8, 4) is 0 Å². The number of hydrogen-bond acceptors (Lipinski definition) is 5. The molecule has 7 heteroatoms. The van der Waals surface area contributed by atoms with Gasteiger partial charge in [-0.2, -0.15) is 0 Å². The van der Waals surface area contributed by atoms with Gasteiger partial charge in [0.15, 0.2) is 0 Å². The van der Waals surface area contributed by atoms with Crippen molar-refractivity contribution < 1.29 is 19.2 Å². The van der Waals surface area contributed by atoms with E-state index in [2.05, 4.69) is 11.0 Å². The van der Waals surface area contributed by atoms with Crippen molar-refractivity contribution in [2.45, 2.75) is 85.8 Å². The van der Waals surface area contributed by atoms with Gasteiger partial charge in [0.05, 0.1) is 0 Å². The van der Waals surface area contributed by atoms with Gasteiger partial charge in [-0.3, -0.25) is 15.1 Å². The summed E-state index contributed by atoms with van der Waals surface area (Å²) in [5.74, 6) is 0.407. The first kappa shape index (κ1) is 22.3. The number of ether oxygens (including phenoxy) is 1. The molecular weight excluding hydrogens is 334 g/mol. The Balaban J connectivity index is 2.71. The predicted octanol–water partition coefficient (Wildman–Crippen LogP) is 3.67. The molecule has 1 rings (SSSR count). The molecule has 0 radical (unpaired) electrons. The van der Waals surface area contributed by atoms with Crippen LogP contribution in [-0.2, 0) is 14.4 Å². The van der Waals surface area contributed by atoms with E-state index < -0.39 is 17.7 Å². The Morgan fingerprint density at radius 1 is 1.08 bits per heavy atom.